The zero-order chi connectivity index (χ0) is 19.6. The molecule has 8 heteroatoms. The minimum absolute atomic E-state index is 0.0167. The van der Waals surface area contributed by atoms with Gasteiger partial charge in [-0.15, -0.1) is 0 Å². The average Bonchev–Trinajstić information content (AvgIpc) is 2.72. The summed E-state index contributed by atoms with van der Waals surface area (Å²) < 4.78 is 23.5. The van der Waals surface area contributed by atoms with Gasteiger partial charge in [-0.25, -0.2) is 23.5 Å². The van der Waals surface area contributed by atoms with Gasteiger partial charge in [0.05, 0.1) is 10.4 Å². The second kappa shape index (κ2) is 7.34. The van der Waals surface area contributed by atoms with E-state index in [0.717, 1.165) is 11.1 Å². The SMILES string of the molecule is NS(=O)(=O)c1ccc2nc(-c3ccncc3)nc(NCc3ccccc3)c2c1. The lowest BCUT2D eigenvalue weighted by Crippen LogP contribution is -2.12. The van der Waals surface area contributed by atoms with E-state index in [9.17, 15) is 8.42 Å². The van der Waals surface area contributed by atoms with Gasteiger partial charge >= 0.3 is 0 Å². The zero-order valence-electron chi connectivity index (χ0n) is 14.8. The molecule has 0 unspecified atom stereocenters. The molecular formula is C20H17N5O2S. The highest BCUT2D eigenvalue weighted by Gasteiger charge is 2.14. The highest BCUT2D eigenvalue weighted by atomic mass is 32.2. The Labute approximate surface area is 162 Å². The number of nitrogens with zero attached hydrogens (tertiary/aromatic N) is 3. The number of benzene rings is 2. The first-order chi connectivity index (χ1) is 13.5. The van der Waals surface area contributed by atoms with E-state index in [2.05, 4.69) is 20.3 Å². The minimum atomic E-state index is -3.83. The van der Waals surface area contributed by atoms with Gasteiger partial charge in [-0.1, -0.05) is 30.3 Å². The number of nitrogens with two attached hydrogens (primary N) is 1. The number of hydrogen-bond acceptors (Lipinski definition) is 6. The van der Waals surface area contributed by atoms with Gasteiger partial charge in [-0.3, -0.25) is 4.98 Å². The molecule has 0 atom stereocenters. The molecule has 2 aromatic heterocycles. The first-order valence-electron chi connectivity index (χ1n) is 8.53. The van der Waals surface area contributed by atoms with Crippen molar-refractivity contribution in [3.63, 3.8) is 0 Å². The highest BCUT2D eigenvalue weighted by molar-refractivity contribution is 7.89. The molecule has 2 heterocycles. The lowest BCUT2D eigenvalue weighted by molar-refractivity contribution is 0.598. The molecule has 4 rings (SSSR count). The van der Waals surface area contributed by atoms with E-state index in [1.807, 2.05) is 42.5 Å². The molecule has 4 aromatic rings. The summed E-state index contributed by atoms with van der Waals surface area (Å²) in [5, 5.41) is 9.16. The largest absolute Gasteiger partial charge is 0.365 e. The summed E-state index contributed by atoms with van der Waals surface area (Å²) in [6, 6.07) is 18.1. The van der Waals surface area contributed by atoms with Crippen LogP contribution in [0.15, 0.2) is 78.0 Å². The molecular weight excluding hydrogens is 374 g/mol. The third-order valence-corrected chi connectivity index (χ3v) is 5.15. The maximum Gasteiger partial charge on any atom is 0.238 e. The Morgan fingerprint density at radius 2 is 1.68 bits per heavy atom. The second-order valence-corrected chi connectivity index (χ2v) is 7.76. The Kier molecular flexibility index (Phi) is 4.72. The van der Waals surface area contributed by atoms with E-state index in [1.54, 1.807) is 18.5 Å². The number of nitrogens with one attached hydrogen (secondary N) is 1. The molecule has 3 N–H and O–H groups in total. The number of aromatic nitrogens is 3. The predicted octanol–water partition coefficient (Wildman–Crippen LogP) is 2.95. The molecule has 28 heavy (non-hydrogen) atoms. The van der Waals surface area contributed by atoms with Crippen LogP contribution in [0.5, 0.6) is 0 Å². The van der Waals surface area contributed by atoms with Crippen LogP contribution in [-0.4, -0.2) is 23.4 Å². The van der Waals surface area contributed by atoms with Crippen LogP contribution < -0.4 is 10.5 Å². The fourth-order valence-corrected chi connectivity index (χ4v) is 3.37. The van der Waals surface area contributed by atoms with Gasteiger partial charge in [0.1, 0.15) is 5.82 Å². The number of fused-ring (bicyclic) bond motifs is 1. The molecule has 0 saturated carbocycles. The third kappa shape index (κ3) is 3.83. The number of pyridine rings is 1. The van der Waals surface area contributed by atoms with Crippen LogP contribution in [0.4, 0.5) is 5.82 Å². The highest BCUT2D eigenvalue weighted by Crippen LogP contribution is 2.27. The van der Waals surface area contributed by atoms with Crippen molar-refractivity contribution in [2.45, 2.75) is 11.4 Å². The van der Waals surface area contributed by atoms with Gasteiger partial charge in [0.2, 0.25) is 10.0 Å². The summed E-state index contributed by atoms with van der Waals surface area (Å²) in [6.07, 6.45) is 3.34. The van der Waals surface area contributed by atoms with E-state index in [-0.39, 0.29) is 4.90 Å². The number of hydrogen-bond donors (Lipinski definition) is 2. The van der Waals surface area contributed by atoms with Gasteiger partial charge in [0, 0.05) is 29.9 Å². The number of primary sulfonamides is 1. The number of sulfonamides is 1. The standard InChI is InChI=1S/C20H17N5O2S/c21-28(26,27)16-6-7-18-17(12-16)20(23-13-14-4-2-1-3-5-14)25-19(24-18)15-8-10-22-11-9-15/h1-12H,13H2,(H2,21,26,27)(H,23,24,25). The summed E-state index contributed by atoms with van der Waals surface area (Å²) in [6.45, 7) is 0.530. The van der Waals surface area contributed by atoms with E-state index >= 15 is 0 Å². The van der Waals surface area contributed by atoms with Gasteiger partial charge in [0.15, 0.2) is 5.82 Å². The van der Waals surface area contributed by atoms with Crippen LogP contribution in [0.3, 0.4) is 0 Å². The summed E-state index contributed by atoms with van der Waals surface area (Å²) in [5.74, 6) is 1.06. The van der Waals surface area contributed by atoms with Crippen molar-refractivity contribution < 1.29 is 8.42 Å². The van der Waals surface area contributed by atoms with Crippen molar-refractivity contribution in [1.82, 2.24) is 15.0 Å². The van der Waals surface area contributed by atoms with Crippen molar-refractivity contribution in [3.05, 3.63) is 78.6 Å². The summed E-state index contributed by atoms with van der Waals surface area (Å²) in [7, 11) is -3.83. The number of anilines is 1. The lowest BCUT2D eigenvalue weighted by Gasteiger charge is -2.12. The van der Waals surface area contributed by atoms with E-state index in [4.69, 9.17) is 5.14 Å². The topological polar surface area (TPSA) is 111 Å². The molecule has 0 amide bonds. The molecule has 0 bridgehead atoms. The molecule has 0 aliphatic rings. The Morgan fingerprint density at radius 3 is 2.39 bits per heavy atom. The average molecular weight is 391 g/mol. The molecule has 140 valence electrons. The Bertz CT molecular complexity index is 1230. The van der Waals surface area contributed by atoms with Gasteiger partial charge in [0.25, 0.3) is 0 Å². The summed E-state index contributed by atoms with van der Waals surface area (Å²) in [4.78, 5) is 13.2. The quantitative estimate of drug-likeness (QED) is 0.541. The summed E-state index contributed by atoms with van der Waals surface area (Å²) >= 11 is 0. The Balaban J connectivity index is 1.84. The molecule has 0 fully saturated rings. The third-order valence-electron chi connectivity index (χ3n) is 4.24. The van der Waals surface area contributed by atoms with Crippen molar-refractivity contribution >= 4 is 26.7 Å². The maximum absolute atomic E-state index is 11.8. The van der Waals surface area contributed by atoms with Crippen LogP contribution >= 0.6 is 0 Å². The fraction of sp³-hybridized carbons (Fsp3) is 0.0500. The van der Waals surface area contributed by atoms with Crippen LogP contribution in [0.2, 0.25) is 0 Å². The molecule has 0 aliphatic heterocycles. The lowest BCUT2D eigenvalue weighted by atomic mass is 10.2. The normalized spacial score (nSPS) is 11.5. The van der Waals surface area contributed by atoms with E-state index < -0.39 is 10.0 Å². The van der Waals surface area contributed by atoms with Crippen molar-refractivity contribution in [2.24, 2.45) is 5.14 Å². The van der Waals surface area contributed by atoms with Crippen LogP contribution in [-0.2, 0) is 16.6 Å². The monoisotopic (exact) mass is 391 g/mol. The molecule has 7 nitrogen and oxygen atoms in total. The second-order valence-electron chi connectivity index (χ2n) is 6.19. The van der Waals surface area contributed by atoms with Crippen LogP contribution in [0, 0.1) is 0 Å². The van der Waals surface area contributed by atoms with E-state index in [0.29, 0.717) is 29.1 Å². The van der Waals surface area contributed by atoms with Gasteiger partial charge in [-0.2, -0.15) is 0 Å². The van der Waals surface area contributed by atoms with Crippen molar-refractivity contribution in [3.8, 4) is 11.4 Å². The number of rotatable bonds is 5. The smallest absolute Gasteiger partial charge is 0.238 e. The van der Waals surface area contributed by atoms with Crippen molar-refractivity contribution in [2.75, 3.05) is 5.32 Å². The Hall–Kier alpha value is -3.36. The van der Waals surface area contributed by atoms with Crippen molar-refractivity contribution in [1.29, 1.82) is 0 Å². The first kappa shape index (κ1) is 18.0. The first-order valence-corrected chi connectivity index (χ1v) is 10.1. The van der Waals surface area contributed by atoms with Gasteiger partial charge < -0.3 is 5.32 Å². The van der Waals surface area contributed by atoms with Gasteiger partial charge in [-0.05, 0) is 35.9 Å². The summed E-state index contributed by atoms with van der Waals surface area (Å²) in [5.41, 5.74) is 2.50. The molecule has 0 aliphatic carbocycles. The molecule has 2 aromatic carbocycles. The Morgan fingerprint density at radius 1 is 0.929 bits per heavy atom. The minimum Gasteiger partial charge on any atom is -0.365 e. The zero-order valence-corrected chi connectivity index (χ0v) is 15.6. The maximum atomic E-state index is 11.8. The fourth-order valence-electron chi connectivity index (χ4n) is 2.83. The predicted molar refractivity (Wildman–Crippen MR) is 108 cm³/mol. The molecule has 0 radical (unpaired) electrons. The van der Waals surface area contributed by atoms with Crippen LogP contribution in [0.1, 0.15) is 5.56 Å². The molecule has 0 spiro atoms. The van der Waals surface area contributed by atoms with E-state index in [1.165, 1.54) is 12.1 Å². The van der Waals surface area contributed by atoms with Crippen LogP contribution in [0.25, 0.3) is 22.3 Å². The molecule has 0 saturated heterocycles.